The molecule has 0 heterocycles. The summed E-state index contributed by atoms with van der Waals surface area (Å²) in [6.07, 6.45) is 23.0. The van der Waals surface area contributed by atoms with Crippen molar-refractivity contribution >= 4 is 5.57 Å². The fraction of sp³-hybridized carbons (Fsp3) is 0.782. The van der Waals surface area contributed by atoms with Gasteiger partial charge in [-0.1, -0.05) is 109 Å². The van der Waals surface area contributed by atoms with E-state index < -0.39 is 91.1 Å². The van der Waals surface area contributed by atoms with Crippen LogP contribution < -0.4 is 14.2 Å². The summed E-state index contributed by atoms with van der Waals surface area (Å²) in [5.41, 5.74) is 3.84. The van der Waals surface area contributed by atoms with E-state index in [9.17, 15) is 48.3 Å². The van der Waals surface area contributed by atoms with Crippen LogP contribution in [0.2, 0.25) is 0 Å². The highest BCUT2D eigenvalue weighted by Gasteiger charge is 2.60. The van der Waals surface area contributed by atoms with E-state index in [4.69, 9.17) is 23.7 Å². The van der Waals surface area contributed by atoms with Crippen molar-refractivity contribution in [2.45, 2.75) is 348 Å². The summed E-state index contributed by atoms with van der Waals surface area (Å²) in [5, 5.41) is 0. The minimum atomic E-state index is -1.46. The Morgan fingerprint density at radius 3 is 1.13 bits per heavy atom. The van der Waals surface area contributed by atoms with Crippen molar-refractivity contribution < 1.29 is 76.4 Å². The zero-order valence-electron chi connectivity index (χ0n) is 72.9. The van der Waals surface area contributed by atoms with Crippen LogP contribution in [-0.4, -0.2) is 107 Å². The third-order valence-corrected chi connectivity index (χ3v) is 31.7. The van der Waals surface area contributed by atoms with Gasteiger partial charge in [-0.05, 0) is 348 Å². The summed E-state index contributed by atoms with van der Waals surface area (Å²) in [6, 6.07) is 18.7. The molecule has 0 spiro atoms. The van der Waals surface area contributed by atoms with E-state index in [0.29, 0.717) is 79.3 Å². The SMILES string of the molecule is CCCC1CC2C=C(C3CCC(OCC)CC3)C(F)C2C1F.CCCC1CC2C=C(c3ccc(OCC)cc3)C(F)C2C1F.CCCC1CC2CC(C3CCC(OCC)CC3)C(F)C2C1F.CCCC1CC2CC(C3CCC(c4ccc(OCC)cc4)CC3)C(F)C2C1F.CCCC1CC2CC(c3ccc(OCC)c(F)c3F)C(F)C2C1F. The largest absolute Gasteiger partial charge is 0.494 e. The monoisotopic (exact) mass is 1670 g/mol. The lowest BCUT2D eigenvalue weighted by atomic mass is 9.72. The number of alkyl halides is 10. The van der Waals surface area contributed by atoms with Gasteiger partial charge in [0.2, 0.25) is 5.82 Å². The molecule has 13 aliphatic rings. The summed E-state index contributed by atoms with van der Waals surface area (Å²) >= 11 is 0. The fourth-order valence-corrected chi connectivity index (χ4v) is 26.3. The molecule has 13 aliphatic carbocycles. The van der Waals surface area contributed by atoms with Gasteiger partial charge in [0.1, 0.15) is 73.2 Å². The highest BCUT2D eigenvalue weighted by Crippen LogP contribution is 2.61. The van der Waals surface area contributed by atoms with Crippen molar-refractivity contribution in [2.24, 2.45) is 118 Å². The number of hydrogen-bond donors (Lipinski definition) is 0. The molecule has 0 radical (unpaired) electrons. The van der Waals surface area contributed by atoms with Crippen LogP contribution in [0, 0.1) is 130 Å². The lowest BCUT2D eigenvalue weighted by molar-refractivity contribution is 0.00788. The summed E-state index contributed by atoms with van der Waals surface area (Å²) in [4.78, 5) is 0. The Bertz CT molecular complexity index is 3560. The van der Waals surface area contributed by atoms with Crippen LogP contribution >= 0.6 is 0 Å². The first-order valence-corrected chi connectivity index (χ1v) is 47.7. The van der Waals surface area contributed by atoms with E-state index in [-0.39, 0.29) is 94.9 Å². The predicted octanol–water partition coefficient (Wildman–Crippen LogP) is 28.5. The van der Waals surface area contributed by atoms with Gasteiger partial charge in [0, 0.05) is 48.7 Å². The lowest BCUT2D eigenvalue weighted by Crippen LogP contribution is -2.32. The second-order valence-corrected chi connectivity index (χ2v) is 38.4. The fourth-order valence-electron chi connectivity index (χ4n) is 26.3. The Morgan fingerprint density at radius 2 is 0.712 bits per heavy atom. The molecule has 17 heteroatoms. The number of hydrogen-bond acceptors (Lipinski definition) is 5. The molecule has 118 heavy (non-hydrogen) atoms. The van der Waals surface area contributed by atoms with Crippen LogP contribution in [0.25, 0.3) is 5.57 Å². The third-order valence-electron chi connectivity index (χ3n) is 31.7. The maximum absolute atomic E-state index is 15.3. The van der Waals surface area contributed by atoms with Gasteiger partial charge in [-0.2, -0.15) is 4.39 Å². The Hall–Kier alpha value is -4.38. The van der Waals surface area contributed by atoms with Gasteiger partial charge in [0.25, 0.3) is 0 Å². The first-order chi connectivity index (χ1) is 57.1. The molecule has 28 unspecified atom stereocenters. The number of rotatable bonds is 26. The molecular formula is C101H146F12O5. The molecule has 0 amide bonds. The molecule has 0 saturated heterocycles. The number of fused-ring (bicyclic) bond motifs is 5. The van der Waals surface area contributed by atoms with E-state index in [2.05, 4.69) is 58.0 Å². The van der Waals surface area contributed by atoms with Crippen molar-refractivity contribution in [3.8, 4) is 17.2 Å². The van der Waals surface area contributed by atoms with E-state index >= 15 is 4.39 Å². The lowest BCUT2D eigenvalue weighted by Gasteiger charge is -2.34. The third kappa shape index (κ3) is 20.7. The van der Waals surface area contributed by atoms with Gasteiger partial charge in [0.15, 0.2) is 11.6 Å². The molecule has 0 aliphatic heterocycles. The molecule has 28 atom stereocenters. The molecule has 11 saturated carbocycles. The average molecular weight is 1670 g/mol. The molecule has 3 aromatic rings. The zero-order valence-corrected chi connectivity index (χ0v) is 72.9. The van der Waals surface area contributed by atoms with Gasteiger partial charge in [-0.15, -0.1) is 0 Å². The van der Waals surface area contributed by atoms with Crippen LogP contribution in [0.15, 0.2) is 78.4 Å². The Kier molecular flexibility index (Phi) is 34.2. The average Bonchev–Trinajstić information content (AvgIpc) is 1.79. The van der Waals surface area contributed by atoms with Gasteiger partial charge < -0.3 is 23.7 Å². The Morgan fingerprint density at radius 1 is 0.322 bits per heavy atom. The summed E-state index contributed by atoms with van der Waals surface area (Å²) in [6.45, 7) is 23.1. The van der Waals surface area contributed by atoms with Crippen molar-refractivity contribution in [1.29, 1.82) is 0 Å². The van der Waals surface area contributed by atoms with E-state index in [0.717, 1.165) is 216 Å². The van der Waals surface area contributed by atoms with Gasteiger partial charge in [-0.3, -0.25) is 0 Å². The van der Waals surface area contributed by atoms with E-state index in [1.165, 1.54) is 17.7 Å². The molecule has 3 aromatic carbocycles. The van der Waals surface area contributed by atoms with Crippen LogP contribution in [0.4, 0.5) is 52.7 Å². The molecule has 0 N–H and O–H groups in total. The number of ether oxygens (including phenoxy) is 5. The first-order valence-electron chi connectivity index (χ1n) is 47.7. The van der Waals surface area contributed by atoms with Gasteiger partial charge >= 0.3 is 0 Å². The van der Waals surface area contributed by atoms with Crippen LogP contribution in [0.5, 0.6) is 17.2 Å². The van der Waals surface area contributed by atoms with Gasteiger partial charge in [-0.25, -0.2) is 48.3 Å². The molecule has 0 aromatic heterocycles. The van der Waals surface area contributed by atoms with Crippen LogP contribution in [0.1, 0.15) is 290 Å². The minimum absolute atomic E-state index is 0.0112. The highest BCUT2D eigenvalue weighted by atomic mass is 19.2. The van der Waals surface area contributed by atoms with E-state index in [1.807, 2.05) is 65.0 Å². The molecular weight excluding hydrogens is 1520 g/mol. The number of halogens is 12. The normalized spacial score (nSPS) is 40.5. The summed E-state index contributed by atoms with van der Waals surface area (Å²) < 4.78 is 204. The summed E-state index contributed by atoms with van der Waals surface area (Å²) in [7, 11) is 0. The molecule has 16 rings (SSSR count). The summed E-state index contributed by atoms with van der Waals surface area (Å²) in [5.74, 6) is -0.392. The van der Waals surface area contributed by atoms with Crippen molar-refractivity contribution in [3.63, 3.8) is 0 Å². The Labute approximate surface area is 701 Å². The molecule has 11 fully saturated rings. The number of benzene rings is 3. The molecule has 5 nitrogen and oxygen atoms in total. The quantitative estimate of drug-likeness (QED) is 0.0592. The standard InChI is InChI=1S/C25H36F2O.C19H24F4O.C19H32F2O.C19H30F2O.C19H24F2O/c1-3-5-19-14-20-15-22(25(27)23(20)24(19)26)18-8-6-16(7-9-18)17-10-12-21(13-11-17)28-4-2;1-3-5-10-8-11-9-13(17(21)15(11)16(10)20)12-6-7-14(24-4-2)19(23)18(12)22;3*1-3-5-13-10-14-11-16(19(21)17(14)18(13)20)12-6-8-15(9-7-12)22-4-2/h10-13,16,18-20,22-25H,3-9,14-15H2,1-2H3;6-7,10-11,13,15-17H,3-5,8-9H2,1-2H3;12-19H,3-11H2,1-2H3;11-15,17-19H,3-10H2,1-2H3;6-9,11,13-14,17-19H,3-5,10H2,1-2H3. The zero-order chi connectivity index (χ0) is 84.2. The van der Waals surface area contributed by atoms with Gasteiger partial charge in [0.05, 0.1) is 32.0 Å². The first kappa shape index (κ1) is 92.8. The van der Waals surface area contributed by atoms with Crippen molar-refractivity contribution in [1.82, 2.24) is 0 Å². The Balaban J connectivity index is 0.000000136. The topological polar surface area (TPSA) is 46.2 Å². The molecule has 664 valence electrons. The van der Waals surface area contributed by atoms with E-state index in [1.54, 1.807) is 6.92 Å². The van der Waals surface area contributed by atoms with Crippen LogP contribution in [-0.2, 0) is 9.47 Å². The number of allylic oxidation sites excluding steroid dienone is 4. The maximum atomic E-state index is 15.3. The maximum Gasteiger partial charge on any atom is 0.200 e. The van der Waals surface area contributed by atoms with Crippen LogP contribution in [0.3, 0.4) is 0 Å². The smallest absolute Gasteiger partial charge is 0.200 e. The second-order valence-electron chi connectivity index (χ2n) is 38.4. The van der Waals surface area contributed by atoms with Crippen molar-refractivity contribution in [2.75, 3.05) is 33.0 Å². The second kappa shape index (κ2) is 43.5. The molecule has 0 bridgehead atoms. The predicted molar refractivity (Wildman–Crippen MR) is 451 cm³/mol. The van der Waals surface area contributed by atoms with Crippen molar-refractivity contribution in [3.05, 3.63) is 107 Å². The minimum Gasteiger partial charge on any atom is -0.494 e. The highest BCUT2D eigenvalue weighted by molar-refractivity contribution is 5.72.